The maximum absolute atomic E-state index is 14.9. The zero-order valence-electron chi connectivity index (χ0n) is 23.1. The zero-order valence-corrected chi connectivity index (χ0v) is 23.1. The van der Waals surface area contributed by atoms with E-state index >= 15 is 0 Å². The molecule has 2 aliphatic rings. The average Bonchev–Trinajstić information content (AvgIpc) is 3.44. The molecular weight excluding hydrogens is 571 g/mol. The van der Waals surface area contributed by atoms with Crippen LogP contribution in [0.25, 0.3) is 0 Å². The first kappa shape index (κ1) is 30.3. The zero-order chi connectivity index (χ0) is 30.6. The molecule has 0 aliphatic carbocycles. The Kier molecular flexibility index (Phi) is 9.16. The molecule has 1 atom stereocenters. The number of nitrogens with zero attached hydrogens (tertiary/aromatic N) is 4. The Morgan fingerprint density at radius 1 is 0.907 bits per heavy atom. The van der Waals surface area contributed by atoms with Gasteiger partial charge in [0.2, 0.25) is 0 Å². The van der Waals surface area contributed by atoms with E-state index in [1.807, 2.05) is 4.90 Å². The van der Waals surface area contributed by atoms with Crippen molar-refractivity contribution in [2.75, 3.05) is 45.9 Å². The summed E-state index contributed by atoms with van der Waals surface area (Å²) in [7, 11) is 0. The molecule has 7 nitrogen and oxygen atoms in total. The Bertz CT molecular complexity index is 1490. The summed E-state index contributed by atoms with van der Waals surface area (Å²) in [4.78, 5) is 30.7. The van der Waals surface area contributed by atoms with Gasteiger partial charge in [0.15, 0.2) is 0 Å². The van der Waals surface area contributed by atoms with Gasteiger partial charge in [0, 0.05) is 49.3 Å². The fraction of sp³-hybridized carbons (Fsp3) is 0.323. The molecule has 1 fully saturated rings. The van der Waals surface area contributed by atoms with Crippen LogP contribution in [0.4, 0.5) is 22.0 Å². The number of morpholine rings is 1. The Balaban J connectivity index is 1.43. The third kappa shape index (κ3) is 7.08. The van der Waals surface area contributed by atoms with Gasteiger partial charge in [-0.3, -0.25) is 14.5 Å². The normalized spacial score (nSPS) is 17.6. The largest absolute Gasteiger partial charge is 0.416 e. The van der Waals surface area contributed by atoms with Crippen molar-refractivity contribution in [1.29, 1.82) is 0 Å². The van der Waals surface area contributed by atoms with Gasteiger partial charge in [0.1, 0.15) is 18.2 Å². The quantitative estimate of drug-likeness (QED) is 0.336. The highest BCUT2D eigenvalue weighted by Gasteiger charge is 2.37. The third-order valence-corrected chi connectivity index (χ3v) is 7.48. The molecule has 2 heterocycles. The minimum absolute atomic E-state index is 0.0228. The van der Waals surface area contributed by atoms with Gasteiger partial charge in [0.25, 0.3) is 11.8 Å². The summed E-state index contributed by atoms with van der Waals surface area (Å²) in [5.41, 5.74) is -0.331. The van der Waals surface area contributed by atoms with E-state index in [1.54, 1.807) is 12.1 Å². The highest BCUT2D eigenvalue weighted by molar-refractivity contribution is 6.04. The first-order valence-corrected chi connectivity index (χ1v) is 13.8. The number of hydrogen-bond donors (Lipinski definition) is 0. The van der Waals surface area contributed by atoms with E-state index in [1.165, 1.54) is 41.3 Å². The average molecular weight is 601 g/mol. The topological polar surface area (TPSA) is 65.5 Å². The number of carbonyl (C=O) groups excluding carboxylic acids is 2. The van der Waals surface area contributed by atoms with Gasteiger partial charge in [-0.25, -0.2) is 13.8 Å². The van der Waals surface area contributed by atoms with Crippen LogP contribution in [0.3, 0.4) is 0 Å². The predicted octanol–water partition coefficient (Wildman–Crippen LogP) is 5.14. The summed E-state index contributed by atoms with van der Waals surface area (Å²) < 4.78 is 74.3. The lowest BCUT2D eigenvalue weighted by molar-refractivity contribution is -0.137. The van der Waals surface area contributed by atoms with Crippen molar-refractivity contribution in [3.05, 3.63) is 107 Å². The lowest BCUT2D eigenvalue weighted by Gasteiger charge is -2.31. The molecule has 43 heavy (non-hydrogen) atoms. The molecule has 0 N–H and O–H groups in total. The molecule has 1 saturated heterocycles. The van der Waals surface area contributed by atoms with Crippen LogP contribution in [0.5, 0.6) is 0 Å². The van der Waals surface area contributed by atoms with Crippen molar-refractivity contribution in [2.45, 2.75) is 18.6 Å². The van der Waals surface area contributed by atoms with Crippen molar-refractivity contribution in [3.8, 4) is 0 Å². The lowest BCUT2D eigenvalue weighted by atomic mass is 9.97. The molecule has 0 radical (unpaired) electrons. The fourth-order valence-corrected chi connectivity index (χ4v) is 5.15. The second-order valence-electron chi connectivity index (χ2n) is 10.3. The van der Waals surface area contributed by atoms with Crippen LogP contribution in [0.1, 0.15) is 39.5 Å². The van der Waals surface area contributed by atoms with Crippen LogP contribution >= 0.6 is 0 Å². The number of alkyl halides is 3. The maximum atomic E-state index is 14.9. The summed E-state index contributed by atoms with van der Waals surface area (Å²) in [6.45, 7) is 2.26. The molecule has 3 aromatic rings. The van der Waals surface area contributed by atoms with Crippen molar-refractivity contribution < 1.29 is 36.3 Å². The number of benzene rings is 3. The third-order valence-electron chi connectivity index (χ3n) is 7.48. The van der Waals surface area contributed by atoms with Gasteiger partial charge in [-0.05, 0) is 36.4 Å². The van der Waals surface area contributed by atoms with E-state index in [-0.39, 0.29) is 35.4 Å². The molecule has 12 heteroatoms. The standard InChI is InChI=1S/C31H29F5N4O3/c32-25-7-3-1-5-23(25)27-19-28(24-6-2-4-8-26(24)33)40(37-27)29(41)20-39(14-13-38-15-17-43-18-16-38)30(42)21-9-11-22(12-10-21)31(34,35)36/h1-12,28H,13-20H2/t28-/m1/s1. The summed E-state index contributed by atoms with van der Waals surface area (Å²) in [6, 6.07) is 14.7. The van der Waals surface area contributed by atoms with Gasteiger partial charge in [0.05, 0.1) is 30.5 Å². The SMILES string of the molecule is O=C(c1ccc(C(F)(F)F)cc1)N(CCN1CCOCC1)CC(=O)N1N=C(c2ccccc2F)C[C@@H]1c1ccccc1F. The van der Waals surface area contributed by atoms with E-state index in [4.69, 9.17) is 4.74 Å². The molecule has 0 saturated carbocycles. The van der Waals surface area contributed by atoms with E-state index in [2.05, 4.69) is 5.10 Å². The molecule has 0 unspecified atom stereocenters. The van der Waals surface area contributed by atoms with Gasteiger partial charge in [-0.15, -0.1) is 0 Å². The van der Waals surface area contributed by atoms with Crippen molar-refractivity contribution in [1.82, 2.24) is 14.8 Å². The minimum Gasteiger partial charge on any atom is -0.379 e. The number of carbonyl (C=O) groups is 2. The summed E-state index contributed by atoms with van der Waals surface area (Å²) in [5.74, 6) is -2.41. The number of hydrogen-bond acceptors (Lipinski definition) is 5. The van der Waals surface area contributed by atoms with Crippen molar-refractivity contribution >= 4 is 17.5 Å². The second-order valence-corrected chi connectivity index (χ2v) is 10.3. The van der Waals surface area contributed by atoms with E-state index in [9.17, 15) is 31.5 Å². The fourth-order valence-electron chi connectivity index (χ4n) is 5.15. The molecule has 3 aromatic carbocycles. The first-order valence-electron chi connectivity index (χ1n) is 13.8. The van der Waals surface area contributed by atoms with Crippen LogP contribution in [-0.4, -0.2) is 78.3 Å². The molecule has 0 spiro atoms. The van der Waals surface area contributed by atoms with Crippen LogP contribution < -0.4 is 0 Å². The summed E-state index contributed by atoms with van der Waals surface area (Å²) >= 11 is 0. The first-order chi connectivity index (χ1) is 20.6. The Hall–Kier alpha value is -4.16. The summed E-state index contributed by atoms with van der Waals surface area (Å²) in [5, 5.41) is 5.47. The molecule has 226 valence electrons. The molecular formula is C31H29F5N4O3. The highest BCUT2D eigenvalue weighted by Crippen LogP contribution is 2.35. The van der Waals surface area contributed by atoms with Gasteiger partial charge < -0.3 is 9.64 Å². The van der Waals surface area contributed by atoms with Crippen LogP contribution in [-0.2, 0) is 15.7 Å². The van der Waals surface area contributed by atoms with E-state index < -0.39 is 47.8 Å². The second kappa shape index (κ2) is 13.0. The smallest absolute Gasteiger partial charge is 0.379 e. The Labute approximate surface area is 245 Å². The number of halogens is 5. The van der Waals surface area contributed by atoms with Crippen LogP contribution in [0.2, 0.25) is 0 Å². The van der Waals surface area contributed by atoms with Crippen molar-refractivity contribution in [2.24, 2.45) is 5.10 Å². The number of hydrazone groups is 1. The molecule has 5 rings (SSSR count). The predicted molar refractivity (Wildman–Crippen MR) is 148 cm³/mol. The van der Waals surface area contributed by atoms with Gasteiger partial charge in [-0.1, -0.05) is 36.4 Å². The van der Waals surface area contributed by atoms with Gasteiger partial charge >= 0.3 is 6.18 Å². The Morgan fingerprint density at radius 2 is 1.56 bits per heavy atom. The molecule has 2 amide bonds. The Morgan fingerprint density at radius 3 is 2.21 bits per heavy atom. The maximum Gasteiger partial charge on any atom is 0.416 e. The lowest BCUT2D eigenvalue weighted by Crippen LogP contribution is -2.46. The number of amides is 2. The monoisotopic (exact) mass is 600 g/mol. The van der Waals surface area contributed by atoms with Gasteiger partial charge in [-0.2, -0.15) is 18.3 Å². The number of ether oxygens (including phenoxy) is 1. The van der Waals surface area contributed by atoms with E-state index in [0.29, 0.717) is 32.8 Å². The van der Waals surface area contributed by atoms with Crippen LogP contribution in [0, 0.1) is 11.6 Å². The highest BCUT2D eigenvalue weighted by atomic mass is 19.4. The minimum atomic E-state index is -4.57. The van der Waals surface area contributed by atoms with E-state index in [0.717, 1.165) is 29.3 Å². The number of rotatable bonds is 8. The summed E-state index contributed by atoms with van der Waals surface area (Å²) in [6.07, 6.45) is -4.53. The molecule has 2 aliphatic heterocycles. The molecule has 0 aromatic heterocycles. The molecule has 0 bridgehead atoms. The van der Waals surface area contributed by atoms with Crippen molar-refractivity contribution in [3.63, 3.8) is 0 Å². The van der Waals surface area contributed by atoms with Crippen LogP contribution in [0.15, 0.2) is 77.9 Å².